The number of hydrogen-bond acceptors (Lipinski definition) is 5. The predicted octanol–water partition coefficient (Wildman–Crippen LogP) is 5.61. The maximum Gasteiger partial charge on any atom is 0.273 e. The first-order chi connectivity index (χ1) is 18.4. The monoisotopic (exact) mass is 557 g/mol. The van der Waals surface area contributed by atoms with Crippen molar-refractivity contribution < 1.29 is 9.21 Å². The average molecular weight is 558 g/mol. The Kier molecular flexibility index (Phi) is 7.29. The van der Waals surface area contributed by atoms with Gasteiger partial charge in [-0.1, -0.05) is 59.6 Å². The molecule has 6 nitrogen and oxygen atoms in total. The number of anilines is 1. The Morgan fingerprint density at radius 2 is 1.74 bits per heavy atom. The molecule has 0 aliphatic carbocycles. The average Bonchev–Trinajstić information content (AvgIpc) is 3.50. The number of nitrogens with one attached hydrogen (secondary N) is 1. The van der Waals surface area contributed by atoms with Gasteiger partial charge in [-0.2, -0.15) is 5.26 Å². The van der Waals surface area contributed by atoms with Gasteiger partial charge < -0.3 is 9.73 Å². The van der Waals surface area contributed by atoms with Crippen LogP contribution in [0.5, 0.6) is 0 Å². The van der Waals surface area contributed by atoms with Crippen LogP contribution in [-0.4, -0.2) is 10.5 Å². The lowest BCUT2D eigenvalue weighted by Gasteiger charge is -2.06. The third-order valence-corrected chi connectivity index (χ3v) is 7.17. The minimum Gasteiger partial charge on any atom is -0.457 e. The number of nitriles is 1. The molecular weight excluding hydrogens is 541 g/mol. The van der Waals surface area contributed by atoms with Crippen molar-refractivity contribution in [2.24, 2.45) is 0 Å². The van der Waals surface area contributed by atoms with E-state index in [1.807, 2.05) is 30.3 Å². The van der Waals surface area contributed by atoms with Crippen molar-refractivity contribution in [1.82, 2.24) is 4.57 Å². The number of hydrogen-bond donors (Lipinski definition) is 1. The summed E-state index contributed by atoms with van der Waals surface area (Å²) in [7, 11) is 0. The number of nitrogens with zero attached hydrogens (tertiary/aromatic N) is 2. The lowest BCUT2D eigenvalue weighted by atomic mass is 10.2. The van der Waals surface area contributed by atoms with Gasteiger partial charge in [0.25, 0.3) is 11.5 Å². The van der Waals surface area contributed by atoms with Crippen LogP contribution in [0.15, 0.2) is 100 Å². The second-order valence-electron chi connectivity index (χ2n) is 8.03. The third kappa shape index (κ3) is 5.20. The van der Waals surface area contributed by atoms with Crippen molar-refractivity contribution >= 4 is 57.8 Å². The molecule has 0 saturated carbocycles. The molecule has 3 aromatic carbocycles. The highest BCUT2D eigenvalue weighted by atomic mass is 35.5. The van der Waals surface area contributed by atoms with Crippen molar-refractivity contribution in [3.05, 3.63) is 126 Å². The van der Waals surface area contributed by atoms with E-state index in [2.05, 4.69) is 5.32 Å². The van der Waals surface area contributed by atoms with Crippen molar-refractivity contribution in [3.63, 3.8) is 0 Å². The molecule has 0 fully saturated rings. The topological polar surface area (TPSA) is 88.0 Å². The second kappa shape index (κ2) is 11.0. The molecule has 0 bridgehead atoms. The summed E-state index contributed by atoms with van der Waals surface area (Å²) in [5.74, 6) is 0.311. The summed E-state index contributed by atoms with van der Waals surface area (Å²) in [5.41, 5.74) is 1.06. The number of halogens is 2. The van der Waals surface area contributed by atoms with E-state index in [-0.39, 0.29) is 14.8 Å². The Morgan fingerprint density at radius 3 is 2.47 bits per heavy atom. The van der Waals surface area contributed by atoms with Crippen LogP contribution in [0.2, 0.25) is 10.0 Å². The Morgan fingerprint density at radius 1 is 0.974 bits per heavy atom. The van der Waals surface area contributed by atoms with Crippen LogP contribution < -0.4 is 20.1 Å². The van der Waals surface area contributed by atoms with Crippen molar-refractivity contribution in [3.8, 4) is 23.1 Å². The highest BCUT2D eigenvalue weighted by molar-refractivity contribution is 7.07. The summed E-state index contributed by atoms with van der Waals surface area (Å²) >= 11 is 13.3. The Balaban J connectivity index is 1.67. The second-order valence-corrected chi connectivity index (χ2v) is 9.90. The fourth-order valence-electron chi connectivity index (χ4n) is 3.78. The first kappa shape index (κ1) is 25.3. The SMILES string of the molecule is N#CC(C(=O)Nc1cccc(Cl)c1)=c1sc(=Cc2ccc(-c3ccccc3Cl)o2)c(=O)n1-c1ccccc1. The van der Waals surface area contributed by atoms with E-state index < -0.39 is 11.5 Å². The van der Waals surface area contributed by atoms with Crippen LogP contribution in [0.25, 0.3) is 28.7 Å². The summed E-state index contributed by atoms with van der Waals surface area (Å²) in [4.78, 5) is 26.7. The molecule has 0 aliphatic rings. The van der Waals surface area contributed by atoms with Gasteiger partial charge in [0.2, 0.25) is 0 Å². The van der Waals surface area contributed by atoms with Gasteiger partial charge in [0.05, 0.1) is 15.2 Å². The number of rotatable bonds is 5. The molecular formula is C29H17Cl2N3O3S. The van der Waals surface area contributed by atoms with Crippen molar-refractivity contribution in [2.45, 2.75) is 0 Å². The molecule has 1 N–H and O–H groups in total. The summed E-state index contributed by atoms with van der Waals surface area (Å²) in [6, 6.07) is 28.1. The smallest absolute Gasteiger partial charge is 0.273 e. The van der Waals surface area contributed by atoms with E-state index in [1.165, 1.54) is 4.57 Å². The van der Waals surface area contributed by atoms with E-state index in [4.69, 9.17) is 27.6 Å². The minimum atomic E-state index is -0.661. The predicted molar refractivity (Wildman–Crippen MR) is 151 cm³/mol. The number of amides is 1. The summed E-state index contributed by atoms with van der Waals surface area (Å²) in [5, 5.41) is 13.6. The number of benzene rings is 3. The number of thiazole rings is 1. The number of para-hydroxylation sites is 1. The number of carbonyl (C=O) groups excluding carboxylic acids is 1. The van der Waals surface area contributed by atoms with Gasteiger partial charge in [-0.25, -0.2) is 0 Å². The molecule has 9 heteroatoms. The Bertz CT molecular complexity index is 1880. The standard InChI is InChI=1S/C29H17Cl2N3O3S/c30-18-7-6-8-19(15-18)33-27(35)23(17-32)29-34(20-9-2-1-3-10-20)28(36)26(38-29)16-21-13-14-25(37-21)22-11-4-5-12-24(22)31/h1-16H,(H,33,35). The van der Waals surface area contributed by atoms with Gasteiger partial charge in [-0.15, -0.1) is 11.3 Å². The molecule has 2 aromatic heterocycles. The van der Waals surface area contributed by atoms with Crippen LogP contribution in [0.1, 0.15) is 5.76 Å². The lowest BCUT2D eigenvalue weighted by Crippen LogP contribution is -2.32. The molecule has 0 unspecified atom stereocenters. The first-order valence-corrected chi connectivity index (χ1v) is 12.9. The van der Waals surface area contributed by atoms with Crippen LogP contribution in [0, 0.1) is 11.3 Å². The van der Waals surface area contributed by atoms with Gasteiger partial charge in [0, 0.05) is 22.3 Å². The van der Waals surface area contributed by atoms with Crippen LogP contribution >= 0.6 is 34.5 Å². The van der Waals surface area contributed by atoms with Gasteiger partial charge in [-0.05, 0) is 54.6 Å². The zero-order chi connectivity index (χ0) is 26.6. The van der Waals surface area contributed by atoms with E-state index in [0.29, 0.717) is 32.9 Å². The van der Waals surface area contributed by atoms with Crippen molar-refractivity contribution in [2.75, 3.05) is 5.32 Å². The lowest BCUT2D eigenvalue weighted by molar-refractivity contribution is -0.111. The summed E-state index contributed by atoms with van der Waals surface area (Å²) < 4.78 is 7.77. The van der Waals surface area contributed by atoms with E-state index in [0.717, 1.165) is 16.9 Å². The largest absolute Gasteiger partial charge is 0.457 e. The van der Waals surface area contributed by atoms with Crippen LogP contribution in [-0.2, 0) is 4.79 Å². The van der Waals surface area contributed by atoms with Gasteiger partial charge in [0.1, 0.15) is 22.3 Å². The van der Waals surface area contributed by atoms with Crippen LogP contribution in [0.3, 0.4) is 0 Å². The first-order valence-electron chi connectivity index (χ1n) is 11.3. The van der Waals surface area contributed by atoms with Gasteiger partial charge in [-0.3, -0.25) is 14.2 Å². The molecule has 38 heavy (non-hydrogen) atoms. The molecule has 2 heterocycles. The molecule has 0 atom stereocenters. The zero-order valence-corrected chi connectivity index (χ0v) is 21.8. The molecule has 0 saturated heterocycles. The normalized spacial score (nSPS) is 12.2. The Hall–Kier alpha value is -4.35. The Labute approximate surface area is 230 Å². The van der Waals surface area contributed by atoms with E-state index in [9.17, 15) is 14.9 Å². The van der Waals surface area contributed by atoms with E-state index in [1.54, 1.807) is 72.8 Å². The van der Waals surface area contributed by atoms with Gasteiger partial charge >= 0.3 is 0 Å². The highest BCUT2D eigenvalue weighted by Gasteiger charge is 2.18. The molecule has 0 aliphatic heterocycles. The molecule has 1 amide bonds. The third-order valence-electron chi connectivity index (χ3n) is 5.51. The van der Waals surface area contributed by atoms with Crippen LogP contribution in [0.4, 0.5) is 5.69 Å². The molecule has 5 aromatic rings. The summed E-state index contributed by atoms with van der Waals surface area (Å²) in [6.45, 7) is 0. The molecule has 0 spiro atoms. The molecule has 5 rings (SSSR count). The fourth-order valence-corrected chi connectivity index (χ4v) is 5.28. The summed E-state index contributed by atoms with van der Waals surface area (Å²) in [6.07, 6.45) is 1.58. The fraction of sp³-hybridized carbons (Fsp3) is 0. The number of furan rings is 1. The number of aromatic nitrogens is 1. The quantitative estimate of drug-likeness (QED) is 0.304. The highest BCUT2D eigenvalue weighted by Crippen LogP contribution is 2.29. The van der Waals surface area contributed by atoms with E-state index >= 15 is 0 Å². The van der Waals surface area contributed by atoms with Gasteiger partial charge in [0.15, 0.2) is 5.57 Å². The zero-order valence-electron chi connectivity index (χ0n) is 19.5. The molecule has 186 valence electrons. The maximum atomic E-state index is 13.6. The van der Waals surface area contributed by atoms with Crippen molar-refractivity contribution in [1.29, 1.82) is 5.26 Å². The number of carbonyl (C=O) groups is 1. The molecule has 0 radical (unpaired) electrons. The minimum absolute atomic E-state index is 0.187. The maximum absolute atomic E-state index is 13.6.